The van der Waals surface area contributed by atoms with Crippen LogP contribution < -0.4 is 5.73 Å². The maximum absolute atomic E-state index is 5.89. The van der Waals surface area contributed by atoms with Crippen molar-refractivity contribution in [2.45, 2.75) is 25.5 Å². The van der Waals surface area contributed by atoms with E-state index in [4.69, 9.17) is 10.5 Å². The average molecular weight is 303 g/mol. The van der Waals surface area contributed by atoms with Crippen molar-refractivity contribution in [2.75, 3.05) is 25.4 Å². The number of hydrogen-bond acceptors (Lipinski definition) is 5. The summed E-state index contributed by atoms with van der Waals surface area (Å²) in [6.07, 6.45) is 4.11. The van der Waals surface area contributed by atoms with Gasteiger partial charge in [-0.1, -0.05) is 6.07 Å². The van der Waals surface area contributed by atoms with Crippen molar-refractivity contribution in [3.05, 3.63) is 46.3 Å². The fourth-order valence-electron chi connectivity index (χ4n) is 2.70. The Bertz CT molecular complexity index is 558. The monoisotopic (exact) mass is 303 g/mol. The first-order valence-electron chi connectivity index (χ1n) is 7.36. The lowest BCUT2D eigenvalue weighted by Crippen LogP contribution is -2.41. The van der Waals surface area contributed by atoms with Crippen LogP contribution in [0.3, 0.4) is 0 Å². The molecule has 0 radical (unpaired) electrons. The number of nitrogens with zero attached hydrogens (tertiary/aromatic N) is 2. The van der Waals surface area contributed by atoms with Gasteiger partial charge in [0.15, 0.2) is 0 Å². The van der Waals surface area contributed by atoms with Crippen molar-refractivity contribution >= 4 is 17.2 Å². The minimum atomic E-state index is 0.313. The summed E-state index contributed by atoms with van der Waals surface area (Å²) < 4.78 is 5.89. The SMILES string of the molecule is Nc1cc(CC[C@@H]2CN(Cc3cccs3)CCO2)ccn1. The van der Waals surface area contributed by atoms with Crippen LogP contribution in [0.15, 0.2) is 35.8 Å². The van der Waals surface area contributed by atoms with Crippen molar-refractivity contribution in [3.63, 3.8) is 0 Å². The number of hydrogen-bond donors (Lipinski definition) is 1. The van der Waals surface area contributed by atoms with Gasteiger partial charge in [0.2, 0.25) is 0 Å². The second-order valence-corrected chi connectivity index (χ2v) is 6.47. The third-order valence-corrected chi connectivity index (χ3v) is 4.64. The largest absolute Gasteiger partial charge is 0.384 e. The van der Waals surface area contributed by atoms with Gasteiger partial charge in [-0.15, -0.1) is 11.3 Å². The standard InChI is InChI=1S/C16H21N3OS/c17-16-10-13(5-6-18-16)3-4-14-11-19(7-8-20-14)12-15-2-1-9-21-15/h1-2,5-6,9-10,14H,3-4,7-8,11-12H2,(H2,17,18)/t14-/m1/s1. The highest BCUT2D eigenvalue weighted by Gasteiger charge is 2.20. The first kappa shape index (κ1) is 14.5. The summed E-state index contributed by atoms with van der Waals surface area (Å²) in [7, 11) is 0. The molecule has 1 aliphatic heterocycles. The lowest BCUT2D eigenvalue weighted by molar-refractivity contribution is -0.0342. The van der Waals surface area contributed by atoms with E-state index in [9.17, 15) is 0 Å². The molecule has 1 fully saturated rings. The fraction of sp³-hybridized carbons (Fsp3) is 0.438. The van der Waals surface area contributed by atoms with Gasteiger partial charge in [0.05, 0.1) is 12.7 Å². The predicted octanol–water partition coefficient (Wildman–Crippen LogP) is 2.56. The van der Waals surface area contributed by atoms with Crippen LogP contribution in [0.1, 0.15) is 16.9 Å². The predicted molar refractivity (Wildman–Crippen MR) is 86.3 cm³/mol. The van der Waals surface area contributed by atoms with Crippen LogP contribution in [0.2, 0.25) is 0 Å². The smallest absolute Gasteiger partial charge is 0.123 e. The molecule has 112 valence electrons. The molecule has 0 aliphatic carbocycles. The Morgan fingerprint density at radius 2 is 2.38 bits per heavy atom. The van der Waals surface area contributed by atoms with E-state index >= 15 is 0 Å². The van der Waals surface area contributed by atoms with Gasteiger partial charge in [0.25, 0.3) is 0 Å². The molecule has 0 unspecified atom stereocenters. The molecule has 1 atom stereocenters. The van der Waals surface area contributed by atoms with Gasteiger partial charge in [0, 0.05) is 30.7 Å². The highest BCUT2D eigenvalue weighted by Crippen LogP contribution is 2.17. The molecule has 0 aromatic carbocycles. The van der Waals surface area contributed by atoms with Crippen LogP contribution in [0, 0.1) is 0 Å². The fourth-order valence-corrected chi connectivity index (χ4v) is 3.45. The highest BCUT2D eigenvalue weighted by atomic mass is 32.1. The summed E-state index contributed by atoms with van der Waals surface area (Å²) >= 11 is 1.83. The first-order chi connectivity index (χ1) is 10.3. The minimum absolute atomic E-state index is 0.313. The average Bonchev–Trinajstić information content (AvgIpc) is 2.99. The molecule has 2 aromatic rings. The molecule has 0 spiro atoms. The molecule has 2 N–H and O–H groups in total. The van der Waals surface area contributed by atoms with Gasteiger partial charge in [-0.25, -0.2) is 4.98 Å². The zero-order chi connectivity index (χ0) is 14.5. The van der Waals surface area contributed by atoms with E-state index in [-0.39, 0.29) is 0 Å². The maximum Gasteiger partial charge on any atom is 0.123 e. The normalized spacial score (nSPS) is 19.7. The van der Waals surface area contributed by atoms with Gasteiger partial charge in [0.1, 0.15) is 5.82 Å². The van der Waals surface area contributed by atoms with Crippen LogP contribution in [-0.4, -0.2) is 35.7 Å². The van der Waals surface area contributed by atoms with Crippen LogP contribution in [-0.2, 0) is 17.7 Å². The molecule has 0 bridgehead atoms. The minimum Gasteiger partial charge on any atom is -0.384 e. The molecule has 4 nitrogen and oxygen atoms in total. The Morgan fingerprint density at radius 3 is 3.19 bits per heavy atom. The number of anilines is 1. The summed E-state index contributed by atoms with van der Waals surface area (Å²) in [4.78, 5) is 7.94. The van der Waals surface area contributed by atoms with Gasteiger partial charge in [-0.05, 0) is 42.0 Å². The second kappa shape index (κ2) is 7.02. The molecule has 3 heterocycles. The Labute approximate surface area is 129 Å². The third kappa shape index (κ3) is 4.27. The molecule has 5 heteroatoms. The molecule has 1 aliphatic rings. The summed E-state index contributed by atoms with van der Waals surface area (Å²) in [5.74, 6) is 0.594. The summed E-state index contributed by atoms with van der Waals surface area (Å²) in [6, 6.07) is 8.30. The topological polar surface area (TPSA) is 51.4 Å². The summed E-state index contributed by atoms with van der Waals surface area (Å²) in [5, 5.41) is 2.14. The lowest BCUT2D eigenvalue weighted by Gasteiger charge is -2.32. The Hall–Kier alpha value is -1.43. The number of pyridine rings is 1. The van der Waals surface area contributed by atoms with Gasteiger partial charge in [-0.3, -0.25) is 4.90 Å². The molecule has 0 saturated carbocycles. The van der Waals surface area contributed by atoms with Crippen LogP contribution >= 0.6 is 11.3 Å². The third-order valence-electron chi connectivity index (χ3n) is 3.78. The number of aromatic nitrogens is 1. The van der Waals surface area contributed by atoms with Crippen molar-refractivity contribution in [1.29, 1.82) is 0 Å². The number of nitrogens with two attached hydrogens (primary N) is 1. The van der Waals surface area contributed by atoms with Crippen LogP contribution in [0.5, 0.6) is 0 Å². The van der Waals surface area contributed by atoms with Crippen molar-refractivity contribution < 1.29 is 4.74 Å². The van der Waals surface area contributed by atoms with E-state index in [1.165, 1.54) is 10.4 Å². The zero-order valence-corrected chi connectivity index (χ0v) is 12.9. The lowest BCUT2D eigenvalue weighted by atomic mass is 10.1. The number of morpholine rings is 1. The summed E-state index contributed by atoms with van der Waals surface area (Å²) in [5.41, 5.74) is 6.95. The molecular formula is C16H21N3OS. The molecule has 21 heavy (non-hydrogen) atoms. The van der Waals surface area contributed by atoms with E-state index in [1.54, 1.807) is 6.20 Å². The molecular weight excluding hydrogens is 282 g/mol. The highest BCUT2D eigenvalue weighted by molar-refractivity contribution is 7.09. The maximum atomic E-state index is 5.89. The number of aryl methyl sites for hydroxylation is 1. The molecule has 1 saturated heterocycles. The van der Waals surface area contributed by atoms with Crippen molar-refractivity contribution in [1.82, 2.24) is 9.88 Å². The molecule has 3 rings (SSSR count). The van der Waals surface area contributed by atoms with Gasteiger partial charge >= 0.3 is 0 Å². The molecule has 0 amide bonds. The number of thiophene rings is 1. The van der Waals surface area contributed by atoms with Crippen LogP contribution in [0.25, 0.3) is 0 Å². The van der Waals surface area contributed by atoms with E-state index < -0.39 is 0 Å². The quantitative estimate of drug-likeness (QED) is 0.922. The van der Waals surface area contributed by atoms with E-state index in [0.29, 0.717) is 11.9 Å². The van der Waals surface area contributed by atoms with Crippen molar-refractivity contribution in [2.24, 2.45) is 0 Å². The Kier molecular flexibility index (Phi) is 4.85. The van der Waals surface area contributed by atoms with Gasteiger partial charge in [-0.2, -0.15) is 0 Å². The van der Waals surface area contributed by atoms with E-state index in [1.807, 2.05) is 23.5 Å². The summed E-state index contributed by atoms with van der Waals surface area (Å²) in [6.45, 7) is 3.91. The van der Waals surface area contributed by atoms with Crippen molar-refractivity contribution in [3.8, 4) is 0 Å². The molecule has 2 aromatic heterocycles. The Balaban J connectivity index is 1.49. The van der Waals surface area contributed by atoms with Crippen LogP contribution in [0.4, 0.5) is 5.82 Å². The van der Waals surface area contributed by atoms with E-state index in [2.05, 4.69) is 27.4 Å². The second-order valence-electron chi connectivity index (χ2n) is 5.43. The zero-order valence-electron chi connectivity index (χ0n) is 12.1. The number of rotatable bonds is 5. The number of ether oxygens (including phenoxy) is 1. The van der Waals surface area contributed by atoms with Gasteiger partial charge < -0.3 is 10.5 Å². The first-order valence-corrected chi connectivity index (χ1v) is 8.24. The van der Waals surface area contributed by atoms with E-state index in [0.717, 1.165) is 39.1 Å². The number of nitrogen functional groups attached to an aromatic ring is 1. The Morgan fingerprint density at radius 1 is 1.43 bits per heavy atom.